The first kappa shape index (κ1) is 22.6. The van der Waals surface area contributed by atoms with Crippen LogP contribution < -0.4 is 0 Å². The van der Waals surface area contributed by atoms with E-state index in [1.54, 1.807) is 22.9 Å². The van der Waals surface area contributed by atoms with Crippen LogP contribution in [0.4, 0.5) is 8.78 Å². The van der Waals surface area contributed by atoms with Crippen molar-refractivity contribution in [2.75, 3.05) is 0 Å². The van der Waals surface area contributed by atoms with Gasteiger partial charge >= 0.3 is 11.9 Å². The second-order valence-electron chi connectivity index (χ2n) is 7.65. The summed E-state index contributed by atoms with van der Waals surface area (Å²) < 4.78 is 30.5. The molecular weight excluding hydrogens is 400 g/mol. The predicted molar refractivity (Wildman–Crippen MR) is 115 cm³/mol. The highest BCUT2D eigenvalue weighted by molar-refractivity contribution is 5.89. The third-order valence-corrected chi connectivity index (χ3v) is 5.12. The Bertz CT molecular complexity index is 1030. The SMILES string of the molecule is CCCCC(F)(F)c1nc(CCC)n(Cc2ccc(-c3cccc(C(=O)O)c3)cc2)n1. The minimum absolute atomic E-state index is 0.227. The van der Waals surface area contributed by atoms with E-state index < -0.39 is 17.7 Å². The molecule has 0 radical (unpaired) electrons. The zero-order chi connectivity index (χ0) is 22.4. The monoisotopic (exact) mass is 427 g/mol. The van der Waals surface area contributed by atoms with Crippen molar-refractivity contribution in [2.45, 2.75) is 58.4 Å². The first-order valence-electron chi connectivity index (χ1n) is 10.6. The summed E-state index contributed by atoms with van der Waals surface area (Å²) in [5, 5.41) is 13.3. The summed E-state index contributed by atoms with van der Waals surface area (Å²) in [6, 6.07) is 14.3. The molecular formula is C24H27F2N3O2. The third-order valence-electron chi connectivity index (χ3n) is 5.12. The maximum Gasteiger partial charge on any atom is 0.335 e. The number of hydrogen-bond acceptors (Lipinski definition) is 3. The molecule has 0 atom stereocenters. The second-order valence-corrected chi connectivity index (χ2v) is 7.65. The van der Waals surface area contributed by atoms with Gasteiger partial charge in [-0.3, -0.25) is 0 Å². The van der Waals surface area contributed by atoms with Gasteiger partial charge in [0, 0.05) is 12.8 Å². The van der Waals surface area contributed by atoms with E-state index in [0.717, 1.165) is 23.1 Å². The molecule has 3 rings (SSSR count). The van der Waals surface area contributed by atoms with E-state index in [2.05, 4.69) is 10.1 Å². The minimum atomic E-state index is -3.03. The van der Waals surface area contributed by atoms with Crippen molar-refractivity contribution in [1.82, 2.24) is 14.8 Å². The van der Waals surface area contributed by atoms with Gasteiger partial charge in [-0.15, -0.1) is 5.10 Å². The Hall–Kier alpha value is -3.09. The fraction of sp³-hybridized carbons (Fsp3) is 0.375. The third kappa shape index (κ3) is 5.54. The van der Waals surface area contributed by atoms with Crippen molar-refractivity contribution in [1.29, 1.82) is 0 Å². The summed E-state index contributed by atoms with van der Waals surface area (Å²) in [4.78, 5) is 15.3. The number of halogens is 2. The van der Waals surface area contributed by atoms with Crippen LogP contribution in [0.5, 0.6) is 0 Å². The molecule has 0 saturated carbocycles. The number of nitrogens with zero attached hydrogens (tertiary/aromatic N) is 3. The van der Waals surface area contributed by atoms with E-state index in [1.165, 1.54) is 0 Å². The predicted octanol–water partition coefficient (Wildman–Crippen LogP) is 5.93. The van der Waals surface area contributed by atoms with Crippen molar-refractivity contribution in [2.24, 2.45) is 0 Å². The highest BCUT2D eigenvalue weighted by Crippen LogP contribution is 2.31. The van der Waals surface area contributed by atoms with Gasteiger partial charge in [0.2, 0.25) is 5.82 Å². The topological polar surface area (TPSA) is 68.0 Å². The van der Waals surface area contributed by atoms with E-state index in [4.69, 9.17) is 0 Å². The number of unbranched alkanes of at least 4 members (excludes halogenated alkanes) is 1. The summed E-state index contributed by atoms with van der Waals surface area (Å²) in [6.07, 6.45) is 2.24. The molecule has 0 aliphatic rings. The summed E-state index contributed by atoms with van der Waals surface area (Å²) in [7, 11) is 0. The Morgan fingerprint density at radius 3 is 2.45 bits per heavy atom. The first-order chi connectivity index (χ1) is 14.8. The highest BCUT2D eigenvalue weighted by Gasteiger charge is 2.36. The van der Waals surface area contributed by atoms with E-state index in [0.29, 0.717) is 31.6 Å². The molecule has 31 heavy (non-hydrogen) atoms. The quantitative estimate of drug-likeness (QED) is 0.436. The standard InChI is InChI=1S/C24H27F2N3O2/c1-3-5-14-24(25,26)23-27-21(7-4-2)29(28-23)16-17-10-12-18(13-11-17)19-8-6-9-20(15-19)22(30)31/h6,8-13,15H,3-5,7,14,16H2,1-2H3,(H,30,31). The van der Waals surface area contributed by atoms with Gasteiger partial charge in [0.15, 0.2) is 0 Å². The van der Waals surface area contributed by atoms with Gasteiger partial charge in [-0.2, -0.15) is 8.78 Å². The molecule has 1 heterocycles. The van der Waals surface area contributed by atoms with E-state index >= 15 is 0 Å². The van der Waals surface area contributed by atoms with Gasteiger partial charge in [0.05, 0.1) is 12.1 Å². The van der Waals surface area contributed by atoms with Gasteiger partial charge < -0.3 is 5.11 Å². The van der Waals surface area contributed by atoms with Crippen LogP contribution in [0.15, 0.2) is 48.5 Å². The van der Waals surface area contributed by atoms with E-state index in [-0.39, 0.29) is 12.0 Å². The van der Waals surface area contributed by atoms with Crippen molar-refractivity contribution >= 4 is 5.97 Å². The van der Waals surface area contributed by atoms with Crippen LogP contribution in [-0.2, 0) is 18.9 Å². The number of aromatic carboxylic acids is 1. The summed E-state index contributed by atoms with van der Waals surface area (Å²) in [6.45, 7) is 4.21. The minimum Gasteiger partial charge on any atom is -0.478 e. The lowest BCUT2D eigenvalue weighted by Crippen LogP contribution is -2.16. The van der Waals surface area contributed by atoms with Crippen LogP contribution in [0.25, 0.3) is 11.1 Å². The smallest absolute Gasteiger partial charge is 0.335 e. The van der Waals surface area contributed by atoms with Gasteiger partial charge in [-0.25, -0.2) is 14.5 Å². The molecule has 0 spiro atoms. The molecule has 164 valence electrons. The summed E-state index contributed by atoms with van der Waals surface area (Å²) in [5.41, 5.74) is 2.82. The number of alkyl halides is 2. The molecule has 1 aromatic heterocycles. The molecule has 0 bridgehead atoms. The number of carbonyl (C=O) groups is 1. The highest BCUT2D eigenvalue weighted by atomic mass is 19.3. The zero-order valence-electron chi connectivity index (χ0n) is 17.8. The first-order valence-corrected chi connectivity index (χ1v) is 10.6. The van der Waals surface area contributed by atoms with Gasteiger partial charge in [0.1, 0.15) is 5.82 Å². The average molecular weight is 427 g/mol. The van der Waals surface area contributed by atoms with Crippen LogP contribution in [0.3, 0.4) is 0 Å². The molecule has 3 aromatic rings. The molecule has 0 amide bonds. The maximum atomic E-state index is 14.5. The molecule has 1 N–H and O–H groups in total. The Morgan fingerprint density at radius 1 is 1.06 bits per heavy atom. The molecule has 0 aliphatic carbocycles. The van der Waals surface area contributed by atoms with Crippen molar-refractivity contribution < 1.29 is 18.7 Å². The number of aromatic nitrogens is 3. The number of benzene rings is 2. The van der Waals surface area contributed by atoms with Crippen molar-refractivity contribution in [3.05, 3.63) is 71.3 Å². The largest absolute Gasteiger partial charge is 0.478 e. The lowest BCUT2D eigenvalue weighted by Gasteiger charge is -2.11. The lowest BCUT2D eigenvalue weighted by molar-refractivity contribution is -0.0245. The molecule has 5 nitrogen and oxygen atoms in total. The number of hydrogen-bond donors (Lipinski definition) is 1. The van der Waals surface area contributed by atoms with E-state index in [1.807, 2.05) is 44.2 Å². The van der Waals surface area contributed by atoms with Crippen LogP contribution >= 0.6 is 0 Å². The Labute approximate surface area is 180 Å². The lowest BCUT2D eigenvalue weighted by atomic mass is 10.0. The van der Waals surface area contributed by atoms with Crippen LogP contribution in [0.2, 0.25) is 0 Å². The van der Waals surface area contributed by atoms with Crippen molar-refractivity contribution in [3.8, 4) is 11.1 Å². The zero-order valence-corrected chi connectivity index (χ0v) is 17.8. The number of carboxylic acid groups (broad SMARTS) is 1. The molecule has 0 aliphatic heterocycles. The van der Waals surface area contributed by atoms with Crippen LogP contribution in [0, 0.1) is 0 Å². The molecule has 0 unspecified atom stereocenters. The maximum absolute atomic E-state index is 14.5. The number of carboxylic acids is 1. The Balaban J connectivity index is 1.82. The number of rotatable bonds is 10. The normalized spacial score (nSPS) is 11.6. The molecule has 7 heteroatoms. The van der Waals surface area contributed by atoms with Crippen LogP contribution in [0.1, 0.15) is 67.1 Å². The van der Waals surface area contributed by atoms with Gasteiger partial charge in [-0.05, 0) is 41.7 Å². The fourth-order valence-corrected chi connectivity index (χ4v) is 3.38. The van der Waals surface area contributed by atoms with Gasteiger partial charge in [-0.1, -0.05) is 56.7 Å². The molecule has 2 aromatic carbocycles. The van der Waals surface area contributed by atoms with Gasteiger partial charge in [0.25, 0.3) is 0 Å². The number of aryl methyl sites for hydroxylation is 1. The molecule has 0 fully saturated rings. The average Bonchev–Trinajstić information content (AvgIpc) is 3.16. The summed E-state index contributed by atoms with van der Waals surface area (Å²) in [5.74, 6) is -3.83. The van der Waals surface area contributed by atoms with Crippen LogP contribution in [-0.4, -0.2) is 25.8 Å². The second kappa shape index (κ2) is 9.81. The Kier molecular flexibility index (Phi) is 7.15. The summed E-state index contributed by atoms with van der Waals surface area (Å²) >= 11 is 0. The van der Waals surface area contributed by atoms with E-state index in [9.17, 15) is 18.7 Å². The Morgan fingerprint density at radius 2 is 1.81 bits per heavy atom. The molecule has 0 saturated heterocycles. The fourth-order valence-electron chi connectivity index (χ4n) is 3.38. The van der Waals surface area contributed by atoms with Crippen molar-refractivity contribution in [3.63, 3.8) is 0 Å².